The van der Waals surface area contributed by atoms with E-state index in [2.05, 4.69) is 10.3 Å². The monoisotopic (exact) mass is 306 g/mol. The van der Waals surface area contributed by atoms with Gasteiger partial charge in [-0.3, -0.25) is 4.79 Å². The molecule has 0 fully saturated rings. The van der Waals surface area contributed by atoms with Crippen molar-refractivity contribution in [3.05, 3.63) is 71.9 Å². The van der Waals surface area contributed by atoms with Crippen LogP contribution in [-0.4, -0.2) is 18.0 Å². The number of nitrogens with zero attached hydrogens (tertiary/aromatic N) is 1. The molecule has 1 atom stereocenters. The lowest BCUT2D eigenvalue weighted by atomic mass is 10.1. The van der Waals surface area contributed by atoms with E-state index in [0.717, 1.165) is 22.2 Å². The zero-order valence-corrected chi connectivity index (χ0v) is 13.1. The van der Waals surface area contributed by atoms with Crippen molar-refractivity contribution in [1.29, 1.82) is 0 Å². The summed E-state index contributed by atoms with van der Waals surface area (Å²) in [4.78, 5) is 16.9. The number of methoxy groups -OCH3 is 1. The van der Waals surface area contributed by atoms with E-state index >= 15 is 0 Å². The molecule has 3 aromatic rings. The summed E-state index contributed by atoms with van der Waals surface area (Å²) in [6.07, 6.45) is 0. The van der Waals surface area contributed by atoms with Crippen molar-refractivity contribution in [3.8, 4) is 5.75 Å². The fourth-order valence-electron chi connectivity index (χ4n) is 2.45. The summed E-state index contributed by atoms with van der Waals surface area (Å²) in [6, 6.07) is 19.0. The lowest BCUT2D eigenvalue weighted by Gasteiger charge is -2.14. The summed E-state index contributed by atoms with van der Waals surface area (Å²) in [6.45, 7) is 1.96. The van der Waals surface area contributed by atoms with Gasteiger partial charge in [0.05, 0.1) is 18.7 Å². The molecular formula is C19H18N2O2. The molecule has 3 rings (SSSR count). The highest BCUT2D eigenvalue weighted by Gasteiger charge is 2.13. The predicted octanol–water partition coefficient (Wildman–Crippen LogP) is 3.73. The summed E-state index contributed by atoms with van der Waals surface area (Å²) in [5, 5.41) is 3.94. The van der Waals surface area contributed by atoms with E-state index < -0.39 is 0 Å². The largest absolute Gasteiger partial charge is 0.497 e. The number of fused-ring (bicyclic) bond motifs is 1. The Balaban J connectivity index is 1.83. The van der Waals surface area contributed by atoms with Gasteiger partial charge in [-0.05, 0) is 30.7 Å². The van der Waals surface area contributed by atoms with Gasteiger partial charge in [-0.15, -0.1) is 0 Å². The molecule has 0 aliphatic heterocycles. The van der Waals surface area contributed by atoms with Crippen LogP contribution in [0.15, 0.2) is 60.7 Å². The van der Waals surface area contributed by atoms with Crippen LogP contribution < -0.4 is 10.1 Å². The first-order chi connectivity index (χ1) is 11.2. The number of carbonyl (C=O) groups excluding carboxylic acids is 1. The maximum Gasteiger partial charge on any atom is 0.270 e. The average Bonchev–Trinajstić information content (AvgIpc) is 2.61. The van der Waals surface area contributed by atoms with Crippen LogP contribution in [0.2, 0.25) is 0 Å². The van der Waals surface area contributed by atoms with Crippen molar-refractivity contribution in [1.82, 2.24) is 10.3 Å². The second-order valence-corrected chi connectivity index (χ2v) is 5.36. The maximum absolute atomic E-state index is 12.4. The van der Waals surface area contributed by atoms with E-state index in [4.69, 9.17) is 4.74 Å². The minimum absolute atomic E-state index is 0.0773. The lowest BCUT2D eigenvalue weighted by molar-refractivity contribution is 0.0935. The minimum Gasteiger partial charge on any atom is -0.497 e. The zero-order valence-electron chi connectivity index (χ0n) is 13.1. The number of hydrogen-bond acceptors (Lipinski definition) is 3. The molecule has 116 valence electrons. The number of rotatable bonds is 4. The Morgan fingerprint density at radius 2 is 1.83 bits per heavy atom. The topological polar surface area (TPSA) is 51.2 Å². The van der Waals surface area contributed by atoms with Gasteiger partial charge in [0.2, 0.25) is 0 Å². The van der Waals surface area contributed by atoms with E-state index in [1.165, 1.54) is 0 Å². The number of ether oxygens (including phenoxy) is 1. The van der Waals surface area contributed by atoms with Crippen LogP contribution in [0.5, 0.6) is 5.75 Å². The summed E-state index contributed by atoms with van der Waals surface area (Å²) in [5.41, 5.74) is 2.20. The minimum atomic E-state index is -0.189. The first kappa shape index (κ1) is 15.0. The number of nitrogens with one attached hydrogen (secondary N) is 1. The maximum atomic E-state index is 12.4. The van der Waals surface area contributed by atoms with Gasteiger partial charge in [-0.25, -0.2) is 4.98 Å². The van der Waals surface area contributed by atoms with E-state index in [0.29, 0.717) is 5.69 Å². The molecule has 0 spiro atoms. The van der Waals surface area contributed by atoms with Crippen LogP contribution >= 0.6 is 0 Å². The molecule has 0 saturated carbocycles. The van der Waals surface area contributed by atoms with Crippen molar-refractivity contribution in [2.45, 2.75) is 13.0 Å². The standard InChI is InChI=1S/C19H18N2O2/c1-13(14-6-4-3-5-7-14)20-19(22)17-11-9-15-8-10-16(23-2)12-18(15)21-17/h3-13H,1-2H3,(H,20,22)/t13-/m0/s1. The zero-order chi connectivity index (χ0) is 16.2. The molecule has 1 aromatic heterocycles. The molecule has 2 aromatic carbocycles. The summed E-state index contributed by atoms with van der Waals surface area (Å²) < 4.78 is 5.20. The summed E-state index contributed by atoms with van der Waals surface area (Å²) in [7, 11) is 1.61. The Kier molecular flexibility index (Phi) is 4.24. The number of aromatic nitrogens is 1. The lowest BCUT2D eigenvalue weighted by Crippen LogP contribution is -2.27. The highest BCUT2D eigenvalue weighted by atomic mass is 16.5. The highest BCUT2D eigenvalue weighted by molar-refractivity contribution is 5.95. The highest BCUT2D eigenvalue weighted by Crippen LogP contribution is 2.20. The third-order valence-corrected chi connectivity index (χ3v) is 3.78. The molecule has 0 saturated heterocycles. The van der Waals surface area contributed by atoms with Crippen LogP contribution in [0.1, 0.15) is 29.0 Å². The van der Waals surface area contributed by atoms with Crippen molar-refractivity contribution in [2.24, 2.45) is 0 Å². The molecule has 23 heavy (non-hydrogen) atoms. The average molecular weight is 306 g/mol. The summed E-state index contributed by atoms with van der Waals surface area (Å²) >= 11 is 0. The Hall–Kier alpha value is -2.88. The van der Waals surface area contributed by atoms with Crippen LogP contribution in [0.3, 0.4) is 0 Å². The van der Waals surface area contributed by atoms with Gasteiger partial charge < -0.3 is 10.1 Å². The van der Waals surface area contributed by atoms with Gasteiger partial charge in [-0.2, -0.15) is 0 Å². The van der Waals surface area contributed by atoms with Gasteiger partial charge >= 0.3 is 0 Å². The number of benzene rings is 2. The smallest absolute Gasteiger partial charge is 0.270 e. The van der Waals surface area contributed by atoms with Gasteiger partial charge in [0, 0.05) is 11.5 Å². The van der Waals surface area contributed by atoms with E-state index in [1.54, 1.807) is 13.2 Å². The number of amides is 1. The Labute approximate surface area is 135 Å². The Morgan fingerprint density at radius 3 is 2.57 bits per heavy atom. The molecule has 0 unspecified atom stereocenters. The second kappa shape index (κ2) is 6.48. The third kappa shape index (κ3) is 3.31. The van der Waals surface area contributed by atoms with Crippen molar-refractivity contribution in [2.75, 3.05) is 7.11 Å². The molecule has 0 bridgehead atoms. The van der Waals surface area contributed by atoms with Crippen molar-refractivity contribution in [3.63, 3.8) is 0 Å². The van der Waals surface area contributed by atoms with Gasteiger partial charge in [0.1, 0.15) is 11.4 Å². The predicted molar refractivity (Wildman–Crippen MR) is 90.6 cm³/mol. The first-order valence-electron chi connectivity index (χ1n) is 7.48. The van der Waals surface area contributed by atoms with Crippen LogP contribution in [0.25, 0.3) is 10.9 Å². The molecule has 1 heterocycles. The molecule has 4 heteroatoms. The molecule has 0 aliphatic rings. The quantitative estimate of drug-likeness (QED) is 0.799. The second-order valence-electron chi connectivity index (χ2n) is 5.36. The fraction of sp³-hybridized carbons (Fsp3) is 0.158. The molecule has 1 N–H and O–H groups in total. The number of hydrogen-bond donors (Lipinski definition) is 1. The first-order valence-corrected chi connectivity index (χ1v) is 7.48. The molecule has 4 nitrogen and oxygen atoms in total. The molecular weight excluding hydrogens is 288 g/mol. The Morgan fingerprint density at radius 1 is 1.09 bits per heavy atom. The van der Waals surface area contributed by atoms with Gasteiger partial charge in [-0.1, -0.05) is 36.4 Å². The fourth-order valence-corrected chi connectivity index (χ4v) is 2.45. The van der Waals surface area contributed by atoms with Crippen LogP contribution in [0, 0.1) is 0 Å². The van der Waals surface area contributed by atoms with Gasteiger partial charge in [0.25, 0.3) is 5.91 Å². The van der Waals surface area contributed by atoms with Crippen LogP contribution in [0.4, 0.5) is 0 Å². The molecule has 0 radical (unpaired) electrons. The Bertz CT molecular complexity index is 831. The van der Waals surface area contributed by atoms with E-state index in [9.17, 15) is 4.79 Å². The third-order valence-electron chi connectivity index (χ3n) is 3.78. The van der Waals surface area contributed by atoms with E-state index in [1.807, 2.05) is 61.5 Å². The van der Waals surface area contributed by atoms with Crippen molar-refractivity contribution >= 4 is 16.8 Å². The summed E-state index contributed by atoms with van der Waals surface area (Å²) in [5.74, 6) is 0.534. The van der Waals surface area contributed by atoms with E-state index in [-0.39, 0.29) is 11.9 Å². The molecule has 1 amide bonds. The number of carbonyl (C=O) groups is 1. The van der Waals surface area contributed by atoms with Crippen LogP contribution in [-0.2, 0) is 0 Å². The van der Waals surface area contributed by atoms with Gasteiger partial charge in [0.15, 0.2) is 0 Å². The molecule has 0 aliphatic carbocycles. The normalized spacial score (nSPS) is 11.9. The number of pyridine rings is 1. The van der Waals surface area contributed by atoms with Crippen molar-refractivity contribution < 1.29 is 9.53 Å². The SMILES string of the molecule is COc1ccc2ccc(C(=O)N[C@@H](C)c3ccccc3)nc2c1.